The Morgan fingerprint density at radius 3 is 2.00 bits per heavy atom. The van der Waals surface area contributed by atoms with E-state index >= 15 is 0 Å². The molecule has 8 heteroatoms. The average molecular weight is 460 g/mol. The summed E-state index contributed by atoms with van der Waals surface area (Å²) in [5.41, 5.74) is 4.09. The zero-order chi connectivity index (χ0) is 19.1. The third kappa shape index (κ3) is 7.93. The van der Waals surface area contributed by atoms with Gasteiger partial charge in [0.25, 0.3) is 0 Å². The maximum absolute atomic E-state index is 5.43. The van der Waals surface area contributed by atoms with E-state index in [9.17, 15) is 0 Å². The van der Waals surface area contributed by atoms with Gasteiger partial charge >= 0.3 is 0 Å². The Kier molecular flexibility index (Phi) is 13.7. The number of ether oxygens (including phenoxy) is 2. The number of rotatable bonds is 10. The van der Waals surface area contributed by atoms with Crippen molar-refractivity contribution in [3.05, 3.63) is 53.3 Å². The fourth-order valence-electron chi connectivity index (χ4n) is 3.73. The third-order valence-corrected chi connectivity index (χ3v) is 5.26. The minimum Gasteiger partial charge on any atom is -0.493 e. The van der Waals surface area contributed by atoms with Gasteiger partial charge < -0.3 is 19.8 Å². The molecule has 0 fully saturated rings. The molecule has 0 atom stereocenters. The van der Waals surface area contributed by atoms with E-state index in [2.05, 4.69) is 46.1 Å². The van der Waals surface area contributed by atoms with E-state index in [0.717, 1.165) is 50.6 Å². The van der Waals surface area contributed by atoms with Crippen molar-refractivity contribution in [2.75, 3.05) is 40.9 Å². The van der Waals surface area contributed by atoms with Crippen LogP contribution in [0.15, 0.2) is 36.7 Å². The second-order valence-corrected chi connectivity index (χ2v) is 7.30. The number of nitrogens with zero attached hydrogens (tertiary/aromatic N) is 3. The van der Waals surface area contributed by atoms with Crippen molar-refractivity contribution in [2.24, 2.45) is 0 Å². The quantitative estimate of drug-likeness (QED) is 0.544. The normalized spacial score (nSPS) is 12.4. The summed E-state index contributed by atoms with van der Waals surface area (Å²) >= 11 is 0. The lowest BCUT2D eigenvalue weighted by Crippen LogP contribution is -2.26. The summed E-state index contributed by atoms with van der Waals surface area (Å²) in [6, 6.07) is 8.46. The Labute approximate surface area is 192 Å². The third-order valence-electron chi connectivity index (χ3n) is 5.26. The van der Waals surface area contributed by atoms with E-state index in [4.69, 9.17) is 9.47 Å². The van der Waals surface area contributed by atoms with E-state index in [-0.39, 0.29) is 30.3 Å². The fourth-order valence-corrected chi connectivity index (χ4v) is 3.73. The number of aryl methyl sites for hydroxylation is 1. The molecule has 0 aliphatic carbocycles. The molecule has 30 heavy (non-hydrogen) atoms. The van der Waals surface area contributed by atoms with Crippen molar-refractivity contribution >= 4 is 24.8 Å². The Balaban J connectivity index is 0.00000280. The van der Waals surface area contributed by atoms with E-state index in [1.54, 1.807) is 14.2 Å². The summed E-state index contributed by atoms with van der Waals surface area (Å²) in [5.74, 6) is 1.65. The first kappa shape index (κ1) is 28.4. The Morgan fingerprint density at radius 1 is 0.933 bits per heavy atom. The molecular formula is C22H35Cl2N3O3. The van der Waals surface area contributed by atoms with Gasteiger partial charge in [0, 0.05) is 32.0 Å². The van der Waals surface area contributed by atoms with E-state index in [1.165, 1.54) is 29.5 Å². The highest BCUT2D eigenvalue weighted by atomic mass is 35.5. The molecule has 0 saturated heterocycles. The highest BCUT2D eigenvalue weighted by Gasteiger charge is 2.21. The molecule has 0 radical (unpaired) electrons. The summed E-state index contributed by atoms with van der Waals surface area (Å²) in [5, 5.41) is 0. The molecule has 0 unspecified atom stereocenters. The van der Waals surface area contributed by atoms with Crippen LogP contribution in [-0.2, 0) is 19.5 Å². The number of hydrogen-bond acceptors (Lipinski definition) is 5. The topological polar surface area (TPSA) is 69.3 Å². The first-order valence-corrected chi connectivity index (χ1v) is 9.73. The summed E-state index contributed by atoms with van der Waals surface area (Å²) in [7, 11) is 5.62. The molecule has 2 heterocycles. The summed E-state index contributed by atoms with van der Waals surface area (Å²) < 4.78 is 10.9. The van der Waals surface area contributed by atoms with E-state index < -0.39 is 0 Å². The van der Waals surface area contributed by atoms with Gasteiger partial charge in [-0.3, -0.25) is 9.88 Å². The van der Waals surface area contributed by atoms with Crippen molar-refractivity contribution in [2.45, 2.75) is 32.4 Å². The first-order valence-electron chi connectivity index (χ1n) is 9.73. The Bertz CT molecular complexity index is 702. The smallest absolute Gasteiger partial charge is 0.161 e. The van der Waals surface area contributed by atoms with Gasteiger partial charge in [0.1, 0.15) is 0 Å². The van der Waals surface area contributed by atoms with Gasteiger partial charge in [-0.15, -0.1) is 24.8 Å². The van der Waals surface area contributed by atoms with Crippen LogP contribution in [0.4, 0.5) is 0 Å². The molecule has 2 aromatic rings. The lowest BCUT2D eigenvalue weighted by Gasteiger charge is -2.19. The number of aromatic nitrogens is 1. The second kappa shape index (κ2) is 14.4. The van der Waals surface area contributed by atoms with Crippen LogP contribution >= 0.6 is 24.8 Å². The van der Waals surface area contributed by atoms with Crippen LogP contribution in [0, 0.1) is 0 Å². The van der Waals surface area contributed by atoms with E-state index in [1.807, 2.05) is 12.4 Å². The van der Waals surface area contributed by atoms with Crippen LogP contribution in [0.5, 0.6) is 11.5 Å². The number of hydrogen-bond donors (Lipinski definition) is 0. The van der Waals surface area contributed by atoms with Crippen molar-refractivity contribution in [3.63, 3.8) is 0 Å². The monoisotopic (exact) mass is 459 g/mol. The zero-order valence-corrected chi connectivity index (χ0v) is 19.7. The first-order chi connectivity index (χ1) is 13.2. The maximum atomic E-state index is 5.43. The number of methoxy groups -OCH3 is 2. The number of fused-ring (bicyclic) bond motifs is 1. The van der Waals surface area contributed by atoms with Crippen LogP contribution < -0.4 is 9.47 Å². The maximum Gasteiger partial charge on any atom is 0.161 e. The minimum absolute atomic E-state index is 0. The van der Waals surface area contributed by atoms with Gasteiger partial charge in [-0.2, -0.15) is 0 Å². The zero-order valence-electron chi connectivity index (χ0n) is 18.1. The van der Waals surface area contributed by atoms with Crippen LogP contribution in [0.3, 0.4) is 0 Å². The molecule has 6 nitrogen and oxygen atoms in total. The average Bonchev–Trinajstić information content (AvgIpc) is 3.09. The molecule has 1 aliphatic heterocycles. The molecule has 0 bridgehead atoms. The van der Waals surface area contributed by atoms with Crippen molar-refractivity contribution in [3.8, 4) is 11.5 Å². The van der Waals surface area contributed by atoms with Crippen molar-refractivity contribution in [1.29, 1.82) is 0 Å². The highest BCUT2D eigenvalue weighted by molar-refractivity contribution is 5.85. The lowest BCUT2D eigenvalue weighted by molar-refractivity contribution is 0.249. The summed E-state index contributed by atoms with van der Waals surface area (Å²) in [4.78, 5) is 9.02. The molecule has 0 saturated carbocycles. The largest absolute Gasteiger partial charge is 0.493 e. The van der Waals surface area contributed by atoms with Gasteiger partial charge in [-0.25, -0.2) is 0 Å². The molecular weight excluding hydrogens is 425 g/mol. The van der Waals surface area contributed by atoms with Gasteiger partial charge in [0.05, 0.1) is 14.2 Å². The predicted molar refractivity (Wildman–Crippen MR) is 126 cm³/mol. The Morgan fingerprint density at radius 2 is 1.47 bits per heavy atom. The Hall–Kier alpha value is -1.57. The van der Waals surface area contributed by atoms with Crippen molar-refractivity contribution in [1.82, 2.24) is 14.8 Å². The van der Waals surface area contributed by atoms with Crippen LogP contribution in [-0.4, -0.2) is 61.2 Å². The van der Waals surface area contributed by atoms with Gasteiger partial charge in [0.15, 0.2) is 11.5 Å². The number of halogens is 2. The molecule has 170 valence electrons. The molecule has 1 aromatic heterocycles. The second-order valence-electron chi connectivity index (χ2n) is 7.30. The molecule has 0 spiro atoms. The SMILES string of the molecule is COc1cc2c(cc1OC)CN(CCCN(C)CCCc1ccncc1)C2.Cl.Cl.O. The van der Waals surface area contributed by atoms with Gasteiger partial charge in [0.2, 0.25) is 0 Å². The molecule has 2 N–H and O–H groups in total. The number of pyridine rings is 1. The van der Waals surface area contributed by atoms with Gasteiger partial charge in [-0.1, -0.05) is 0 Å². The van der Waals surface area contributed by atoms with E-state index in [0.29, 0.717) is 0 Å². The molecule has 3 rings (SSSR count). The number of benzene rings is 1. The standard InChI is InChI=1S/C22H31N3O2.2ClH.H2O/c1-24(11-4-6-18-7-9-23-10-8-18)12-5-13-25-16-19-14-21(26-2)22(27-3)15-20(19)17-25;;;/h7-10,14-15H,4-6,11-13,16-17H2,1-3H3;2*1H;1H2. The fraction of sp³-hybridized carbons (Fsp3) is 0.500. The molecule has 1 aliphatic rings. The molecule has 1 aromatic carbocycles. The summed E-state index contributed by atoms with van der Waals surface area (Å²) in [6.07, 6.45) is 7.25. The predicted octanol–water partition coefficient (Wildman–Crippen LogP) is 3.39. The minimum atomic E-state index is 0. The molecule has 0 amide bonds. The van der Waals surface area contributed by atoms with Crippen molar-refractivity contribution < 1.29 is 14.9 Å². The van der Waals surface area contributed by atoms with Crippen LogP contribution in [0.1, 0.15) is 29.5 Å². The summed E-state index contributed by atoms with van der Waals surface area (Å²) in [6.45, 7) is 5.39. The van der Waals surface area contributed by atoms with Crippen LogP contribution in [0.2, 0.25) is 0 Å². The lowest BCUT2D eigenvalue weighted by atomic mass is 10.1. The highest BCUT2D eigenvalue weighted by Crippen LogP contribution is 2.34. The van der Waals surface area contributed by atoms with Gasteiger partial charge in [-0.05, 0) is 80.4 Å². The van der Waals surface area contributed by atoms with Crippen LogP contribution in [0.25, 0.3) is 0 Å².